The molecule has 0 saturated heterocycles. The fourth-order valence-electron chi connectivity index (χ4n) is 0.471. The molecule has 0 atom stereocenters. The van der Waals surface area contributed by atoms with E-state index in [1.165, 1.54) is 0 Å². The van der Waals surface area contributed by atoms with E-state index in [4.69, 9.17) is 0 Å². The molecule has 0 aliphatic rings. The first kappa shape index (κ1) is 40.1. The molecule has 0 fully saturated rings. The Balaban J connectivity index is -0.000000110. The van der Waals surface area contributed by atoms with Crippen LogP contribution < -0.4 is 30.6 Å². The molecule has 2 radical (unpaired) electrons. The third-order valence-corrected chi connectivity index (χ3v) is 1.000. The van der Waals surface area contributed by atoms with E-state index in [1.54, 1.807) is 0 Å². The second-order valence-corrected chi connectivity index (χ2v) is 2.86. The van der Waals surface area contributed by atoms with Crippen LogP contribution in [-0.4, -0.2) is 55.4 Å². The van der Waals surface area contributed by atoms with Crippen LogP contribution >= 0.6 is 0 Å². The number of rotatable bonds is 0. The molecule has 0 aromatic carbocycles. The van der Waals surface area contributed by atoms with Crippen LogP contribution in [0, 0.1) is 93.8 Å². The molecule has 0 unspecified atom stereocenters. The SMILES string of the molecule is O=C([O-])OC(=O)OC(=O)[O-].O=C([O-])OC(=O)OC(=O)[O-].O=C([O-])OC(=O)OC(=O)[O-].[Yb+3].[Yb+3]. The van der Waals surface area contributed by atoms with E-state index >= 15 is 0 Å². The number of carbonyl (C=O) groups excluding carboxylic acids is 9. The van der Waals surface area contributed by atoms with E-state index in [0.29, 0.717) is 0 Å². The minimum Gasteiger partial charge on any atom is -0.467 e. The van der Waals surface area contributed by atoms with Gasteiger partial charge < -0.3 is 87.8 Å². The van der Waals surface area contributed by atoms with Crippen molar-refractivity contribution in [1.82, 2.24) is 0 Å². The fourth-order valence-corrected chi connectivity index (χ4v) is 0.471. The largest absolute Gasteiger partial charge is 3.00 e. The Morgan fingerprint density at radius 1 is 0.312 bits per heavy atom. The first-order valence-electron chi connectivity index (χ1n) is 5.51. The molecule has 0 aromatic rings. The molecule has 0 spiro atoms. The van der Waals surface area contributed by atoms with Gasteiger partial charge in [0.25, 0.3) is 36.9 Å². The summed E-state index contributed by atoms with van der Waals surface area (Å²) in [5.74, 6) is 0. The predicted octanol–water partition coefficient (Wildman–Crippen LogP) is -6.52. The average molecular weight is 790 g/mol. The molecule has 0 rings (SSSR count). The third-order valence-electron chi connectivity index (χ3n) is 1.000. The maximum Gasteiger partial charge on any atom is 3.00 e. The molecule has 23 heteroatoms. The van der Waals surface area contributed by atoms with Gasteiger partial charge in [-0.15, -0.1) is 0 Å². The summed E-state index contributed by atoms with van der Waals surface area (Å²) in [7, 11) is 0. The van der Waals surface area contributed by atoms with Gasteiger partial charge in [0.1, 0.15) is 0 Å². The number of hydrogen-bond acceptors (Lipinski definition) is 21. The number of ether oxygens (including phenoxy) is 6. The van der Waals surface area contributed by atoms with Crippen LogP contribution in [0.2, 0.25) is 0 Å². The number of carboxylic acid groups (broad SMARTS) is 6. The van der Waals surface area contributed by atoms with Crippen molar-refractivity contribution in [2.45, 2.75) is 0 Å². The van der Waals surface area contributed by atoms with Crippen molar-refractivity contribution in [3.05, 3.63) is 0 Å². The van der Waals surface area contributed by atoms with Crippen LogP contribution in [0.4, 0.5) is 43.2 Å². The van der Waals surface area contributed by atoms with Crippen LogP contribution in [0.15, 0.2) is 0 Å². The molecule has 21 nitrogen and oxygen atoms in total. The number of carbonyl (C=O) groups is 9. The van der Waals surface area contributed by atoms with Crippen LogP contribution in [0.25, 0.3) is 0 Å². The minimum absolute atomic E-state index is 0. The summed E-state index contributed by atoms with van der Waals surface area (Å²) >= 11 is 0. The van der Waals surface area contributed by atoms with Crippen molar-refractivity contribution in [1.29, 1.82) is 0 Å². The van der Waals surface area contributed by atoms with Gasteiger partial charge in [-0.25, -0.2) is 14.4 Å². The summed E-state index contributed by atoms with van der Waals surface area (Å²) in [6.45, 7) is 0. The van der Waals surface area contributed by atoms with E-state index in [1.807, 2.05) is 0 Å². The van der Waals surface area contributed by atoms with E-state index in [2.05, 4.69) is 28.4 Å². The van der Waals surface area contributed by atoms with Gasteiger partial charge in [-0.2, -0.15) is 0 Å². The van der Waals surface area contributed by atoms with Gasteiger partial charge in [0.15, 0.2) is 0 Å². The molecule has 0 bridgehead atoms. The smallest absolute Gasteiger partial charge is 0.467 e. The van der Waals surface area contributed by atoms with Crippen molar-refractivity contribution in [2.24, 2.45) is 0 Å². The zero-order chi connectivity index (χ0) is 24.4. The minimum atomic E-state index is -2.20. The fraction of sp³-hybridized carbons (Fsp3) is 0. The summed E-state index contributed by atoms with van der Waals surface area (Å²) in [5, 5.41) is 56.1. The van der Waals surface area contributed by atoms with Gasteiger partial charge in [-0.05, 0) is 0 Å². The quantitative estimate of drug-likeness (QED) is 0.125. The van der Waals surface area contributed by atoms with Crippen LogP contribution in [0.1, 0.15) is 0 Å². The van der Waals surface area contributed by atoms with Crippen LogP contribution in [0.5, 0.6) is 0 Å². The van der Waals surface area contributed by atoms with E-state index < -0.39 is 55.4 Å². The van der Waals surface area contributed by atoms with E-state index in [9.17, 15) is 73.8 Å². The van der Waals surface area contributed by atoms with Crippen molar-refractivity contribution < 1.29 is 196 Å². The Hall–Kier alpha value is -2.33. The Kier molecular flexibility index (Phi) is 29.2. The predicted molar refractivity (Wildman–Crippen MR) is 55.1 cm³/mol. The monoisotopic (exact) mass is 792 g/mol. The summed E-state index contributed by atoms with van der Waals surface area (Å²) in [5.41, 5.74) is 0. The number of hydrogen-bond donors (Lipinski definition) is 0. The topological polar surface area (TPSA) is 347 Å². The summed E-state index contributed by atoms with van der Waals surface area (Å²) in [6.07, 6.45) is -19.0. The molecule has 0 aromatic heterocycles. The van der Waals surface area contributed by atoms with Gasteiger partial charge >= 0.3 is 112 Å². The van der Waals surface area contributed by atoms with Gasteiger partial charge in [0, 0.05) is 0 Å². The third kappa shape index (κ3) is 41.9. The molecule has 0 saturated carbocycles. The summed E-state index contributed by atoms with van der Waals surface area (Å²) in [6, 6.07) is 0. The Labute approximate surface area is 248 Å². The zero-order valence-electron chi connectivity index (χ0n) is 13.6. The zero-order valence-corrected chi connectivity index (χ0v) is 17.0. The van der Waals surface area contributed by atoms with Crippen molar-refractivity contribution in [3.63, 3.8) is 0 Å². The molecule has 0 aliphatic heterocycles. The normalized spacial score (nSPS) is 7.50. The van der Waals surface area contributed by atoms with Crippen molar-refractivity contribution in [2.75, 3.05) is 0 Å². The van der Waals surface area contributed by atoms with E-state index in [-0.39, 0.29) is 93.8 Å². The molecule has 0 heterocycles. The van der Waals surface area contributed by atoms with Crippen molar-refractivity contribution in [3.8, 4) is 0 Å². The first-order valence-corrected chi connectivity index (χ1v) is 5.51. The van der Waals surface area contributed by atoms with E-state index in [0.717, 1.165) is 0 Å². The van der Waals surface area contributed by atoms with Crippen LogP contribution in [-0.2, 0) is 28.4 Å². The Morgan fingerprint density at radius 3 is 0.469 bits per heavy atom. The Morgan fingerprint density at radius 2 is 0.406 bits per heavy atom. The molecule has 190 valence electrons. The standard InChI is InChI=1S/3C3H2O7.2Yb/c3*4-1(5)9-3(8)10-2(6)7;;/h3*(H,4,5)(H,6,7);;/q;;;2*+3/p-6. The second kappa shape index (κ2) is 23.3. The molecular formula is C9O21Yb2. The average Bonchev–Trinajstić information content (AvgIpc) is 2.42. The second-order valence-electron chi connectivity index (χ2n) is 2.86. The molecule has 0 aliphatic carbocycles. The van der Waals surface area contributed by atoms with Crippen LogP contribution in [0.3, 0.4) is 0 Å². The molecule has 32 heavy (non-hydrogen) atoms. The molecule has 0 amide bonds. The van der Waals surface area contributed by atoms with Gasteiger partial charge in [-0.1, -0.05) is 0 Å². The first-order chi connectivity index (χ1) is 13.6. The summed E-state index contributed by atoms with van der Waals surface area (Å²) < 4.78 is 18.5. The summed E-state index contributed by atoms with van der Waals surface area (Å²) in [4.78, 5) is 85.4. The van der Waals surface area contributed by atoms with Gasteiger partial charge in [0.05, 0.1) is 0 Å². The van der Waals surface area contributed by atoms with Gasteiger partial charge in [-0.3, -0.25) is 0 Å². The van der Waals surface area contributed by atoms with Crippen molar-refractivity contribution >= 4 is 55.4 Å². The van der Waals surface area contributed by atoms with Gasteiger partial charge in [0.2, 0.25) is 0 Å². The molecular weight excluding hydrogens is 790 g/mol. The maximum absolute atomic E-state index is 9.78. The molecule has 0 N–H and O–H groups in total. The Bertz CT molecular complexity index is 561. The maximum atomic E-state index is 9.78.